The Hall–Kier alpha value is -0.840. The Morgan fingerprint density at radius 1 is 1.37 bits per heavy atom. The number of methoxy groups -OCH3 is 1. The molecule has 104 valence electrons. The fourth-order valence-electron chi connectivity index (χ4n) is 1.82. The van der Waals surface area contributed by atoms with Gasteiger partial charge in [-0.25, -0.2) is 0 Å². The Morgan fingerprint density at radius 2 is 2.11 bits per heavy atom. The van der Waals surface area contributed by atoms with Crippen LogP contribution in [0.2, 0.25) is 0 Å². The van der Waals surface area contributed by atoms with Crippen LogP contribution in [0.15, 0.2) is 33.2 Å². The van der Waals surface area contributed by atoms with E-state index in [1.165, 1.54) is 0 Å². The van der Waals surface area contributed by atoms with E-state index in [4.69, 9.17) is 9.15 Å². The number of rotatable bonds is 5. The minimum absolute atomic E-state index is 0.153. The van der Waals surface area contributed by atoms with Crippen LogP contribution >= 0.6 is 15.9 Å². The number of benzene rings is 1. The molecule has 0 aliphatic heterocycles. The minimum Gasteiger partial charge on any atom is -0.459 e. The number of hydrogen-bond acceptors (Lipinski definition) is 3. The van der Waals surface area contributed by atoms with Crippen LogP contribution < -0.4 is 5.32 Å². The lowest BCUT2D eigenvalue weighted by Gasteiger charge is -2.25. The molecule has 2 aromatic rings. The predicted octanol–water partition coefficient (Wildman–Crippen LogP) is 4.27. The van der Waals surface area contributed by atoms with Gasteiger partial charge >= 0.3 is 0 Å². The predicted molar refractivity (Wildman–Crippen MR) is 81.4 cm³/mol. The molecule has 19 heavy (non-hydrogen) atoms. The lowest BCUT2D eigenvalue weighted by Crippen LogP contribution is -2.37. The van der Waals surface area contributed by atoms with Crippen LogP contribution in [0.4, 0.5) is 0 Å². The zero-order valence-electron chi connectivity index (χ0n) is 11.8. The molecule has 4 heteroatoms. The number of ether oxygens (including phenoxy) is 1. The first-order chi connectivity index (χ1) is 8.91. The summed E-state index contributed by atoms with van der Waals surface area (Å²) in [5.74, 6) is 0.944. The zero-order valence-corrected chi connectivity index (χ0v) is 13.4. The maximum atomic E-state index is 5.86. The first kappa shape index (κ1) is 14.6. The molecule has 0 amide bonds. The van der Waals surface area contributed by atoms with E-state index < -0.39 is 0 Å². The van der Waals surface area contributed by atoms with Crippen LogP contribution in [-0.2, 0) is 4.74 Å². The summed E-state index contributed by atoms with van der Waals surface area (Å²) in [6, 6.07) is 8.27. The fourth-order valence-corrected chi connectivity index (χ4v) is 2.20. The van der Waals surface area contributed by atoms with Crippen molar-refractivity contribution in [3.8, 4) is 0 Å². The number of fused-ring (bicyclic) bond motifs is 1. The molecule has 1 aromatic carbocycles. The van der Waals surface area contributed by atoms with Crippen LogP contribution in [0.1, 0.15) is 32.6 Å². The van der Waals surface area contributed by atoms with E-state index in [1.807, 2.05) is 12.1 Å². The zero-order chi connectivity index (χ0) is 14.0. The van der Waals surface area contributed by atoms with Crippen LogP contribution in [-0.4, -0.2) is 19.3 Å². The van der Waals surface area contributed by atoms with Crippen LogP contribution in [0.3, 0.4) is 0 Å². The van der Waals surface area contributed by atoms with Crippen LogP contribution in [0.5, 0.6) is 0 Å². The van der Waals surface area contributed by atoms with Gasteiger partial charge in [0.2, 0.25) is 0 Å². The molecule has 0 saturated heterocycles. The number of hydrogen-bond donors (Lipinski definition) is 1. The van der Waals surface area contributed by atoms with E-state index in [9.17, 15) is 0 Å². The van der Waals surface area contributed by atoms with Gasteiger partial charge in [-0.15, -0.1) is 0 Å². The molecule has 1 unspecified atom stereocenters. The van der Waals surface area contributed by atoms with Gasteiger partial charge in [-0.05, 0) is 45.0 Å². The summed E-state index contributed by atoms with van der Waals surface area (Å²) in [6.07, 6.45) is 0. The molecular weight excluding hydrogens is 306 g/mol. The van der Waals surface area contributed by atoms with Gasteiger partial charge in [0, 0.05) is 23.5 Å². The highest BCUT2D eigenvalue weighted by Gasteiger charge is 2.19. The van der Waals surface area contributed by atoms with Crippen LogP contribution in [0, 0.1) is 0 Å². The van der Waals surface area contributed by atoms with E-state index in [-0.39, 0.29) is 11.6 Å². The normalized spacial score (nSPS) is 13.9. The first-order valence-corrected chi connectivity index (χ1v) is 7.18. The van der Waals surface area contributed by atoms with Gasteiger partial charge in [0.15, 0.2) is 0 Å². The Kier molecular flexibility index (Phi) is 4.33. The van der Waals surface area contributed by atoms with Crippen molar-refractivity contribution in [1.82, 2.24) is 5.32 Å². The van der Waals surface area contributed by atoms with Gasteiger partial charge in [0.05, 0.1) is 11.6 Å². The number of nitrogens with one attached hydrogen (secondary N) is 1. The molecule has 1 aromatic heterocycles. The van der Waals surface area contributed by atoms with Gasteiger partial charge in [0.25, 0.3) is 0 Å². The fraction of sp³-hybridized carbons (Fsp3) is 0.467. The smallest absolute Gasteiger partial charge is 0.134 e. The molecule has 0 saturated carbocycles. The molecule has 2 rings (SSSR count). The molecule has 1 heterocycles. The summed E-state index contributed by atoms with van der Waals surface area (Å²) in [6.45, 7) is 6.98. The average Bonchev–Trinajstić information content (AvgIpc) is 2.79. The van der Waals surface area contributed by atoms with Crippen molar-refractivity contribution in [2.75, 3.05) is 13.7 Å². The van der Waals surface area contributed by atoms with Crippen molar-refractivity contribution in [3.05, 3.63) is 34.5 Å². The van der Waals surface area contributed by atoms with Gasteiger partial charge in [-0.2, -0.15) is 0 Å². The molecule has 3 nitrogen and oxygen atoms in total. The molecule has 0 radical (unpaired) electrons. The van der Waals surface area contributed by atoms with E-state index in [0.29, 0.717) is 0 Å². The van der Waals surface area contributed by atoms with Gasteiger partial charge in [0.1, 0.15) is 11.3 Å². The van der Waals surface area contributed by atoms with Gasteiger partial charge in [-0.1, -0.05) is 15.9 Å². The minimum atomic E-state index is -0.177. The summed E-state index contributed by atoms with van der Waals surface area (Å²) in [5.41, 5.74) is 0.737. The van der Waals surface area contributed by atoms with Crippen molar-refractivity contribution in [1.29, 1.82) is 0 Å². The molecular formula is C15H20BrNO2. The molecule has 1 atom stereocenters. The van der Waals surface area contributed by atoms with E-state index in [1.54, 1.807) is 7.11 Å². The SMILES string of the molecule is COC(C)(C)CNC(C)c1cc2cc(Br)ccc2o1. The second-order valence-corrected chi connectivity index (χ2v) is 6.31. The molecule has 0 aliphatic carbocycles. The average molecular weight is 326 g/mol. The summed E-state index contributed by atoms with van der Waals surface area (Å²) in [5, 5.41) is 4.55. The Morgan fingerprint density at radius 3 is 2.79 bits per heavy atom. The van der Waals surface area contributed by atoms with Gasteiger partial charge < -0.3 is 14.5 Å². The lowest BCUT2D eigenvalue weighted by atomic mass is 10.1. The topological polar surface area (TPSA) is 34.4 Å². The highest BCUT2D eigenvalue weighted by Crippen LogP contribution is 2.26. The molecule has 1 N–H and O–H groups in total. The summed E-state index contributed by atoms with van der Waals surface area (Å²) >= 11 is 3.47. The summed E-state index contributed by atoms with van der Waals surface area (Å²) in [4.78, 5) is 0. The first-order valence-electron chi connectivity index (χ1n) is 6.39. The van der Waals surface area contributed by atoms with Crippen molar-refractivity contribution in [2.45, 2.75) is 32.4 Å². The Bertz CT molecular complexity index is 562. The lowest BCUT2D eigenvalue weighted by molar-refractivity contribution is 0.0210. The van der Waals surface area contributed by atoms with E-state index in [2.05, 4.69) is 54.2 Å². The number of halogens is 1. The van der Waals surface area contributed by atoms with Crippen molar-refractivity contribution >= 4 is 26.9 Å². The quantitative estimate of drug-likeness (QED) is 0.891. The largest absolute Gasteiger partial charge is 0.459 e. The van der Waals surface area contributed by atoms with Crippen molar-refractivity contribution < 1.29 is 9.15 Å². The van der Waals surface area contributed by atoms with Crippen molar-refractivity contribution in [3.63, 3.8) is 0 Å². The van der Waals surface area contributed by atoms with Gasteiger partial charge in [-0.3, -0.25) is 0 Å². The number of furan rings is 1. The third-order valence-electron chi connectivity index (χ3n) is 3.31. The third kappa shape index (κ3) is 3.59. The monoisotopic (exact) mass is 325 g/mol. The second kappa shape index (κ2) is 5.65. The van der Waals surface area contributed by atoms with E-state index >= 15 is 0 Å². The maximum absolute atomic E-state index is 5.86. The molecule has 0 bridgehead atoms. The highest BCUT2D eigenvalue weighted by molar-refractivity contribution is 9.10. The third-order valence-corrected chi connectivity index (χ3v) is 3.80. The maximum Gasteiger partial charge on any atom is 0.134 e. The standard InChI is InChI=1S/C15H20BrNO2/c1-10(17-9-15(2,3)18-4)14-8-11-7-12(16)5-6-13(11)19-14/h5-8,10,17H,9H2,1-4H3. The molecule has 0 spiro atoms. The Labute approximate surface area is 122 Å². The molecule has 0 aliphatic rings. The van der Waals surface area contributed by atoms with Crippen LogP contribution in [0.25, 0.3) is 11.0 Å². The Balaban J connectivity index is 2.11. The summed E-state index contributed by atoms with van der Waals surface area (Å²) < 4.78 is 12.3. The van der Waals surface area contributed by atoms with E-state index in [0.717, 1.165) is 27.7 Å². The summed E-state index contributed by atoms with van der Waals surface area (Å²) in [7, 11) is 1.73. The highest BCUT2D eigenvalue weighted by atomic mass is 79.9. The second-order valence-electron chi connectivity index (χ2n) is 5.40. The van der Waals surface area contributed by atoms with Crippen molar-refractivity contribution in [2.24, 2.45) is 0 Å². The molecule has 0 fully saturated rings.